The maximum atomic E-state index is 5.01. The molecule has 0 heterocycles. The monoisotopic (exact) mass is 264 g/mol. The van der Waals surface area contributed by atoms with Crippen molar-refractivity contribution in [2.75, 3.05) is 7.11 Å². The Balaban J connectivity index is 0.000000344. The van der Waals surface area contributed by atoms with Crippen LogP contribution in [-0.4, -0.2) is 7.11 Å². The van der Waals surface area contributed by atoms with E-state index in [0.29, 0.717) is 0 Å². The Morgan fingerprint density at radius 3 is 1.58 bits per heavy atom. The van der Waals surface area contributed by atoms with Crippen LogP contribution in [0.4, 0.5) is 0 Å². The number of aryl methyl sites for hydroxylation is 1. The van der Waals surface area contributed by atoms with Gasteiger partial charge in [-0.2, -0.15) is 0 Å². The highest BCUT2D eigenvalue weighted by molar-refractivity contribution is 5.26. The lowest BCUT2D eigenvalue weighted by Gasteiger charge is -1.99. The van der Waals surface area contributed by atoms with Gasteiger partial charge in [-0.1, -0.05) is 77.8 Å². The Labute approximate surface area is 120 Å². The molecular weight excluding hydrogens is 232 g/mol. The van der Waals surface area contributed by atoms with Crippen LogP contribution in [0.25, 0.3) is 0 Å². The Morgan fingerprint density at radius 1 is 0.737 bits per heavy atom. The normalized spacial score (nSPS) is 9.68. The van der Waals surface area contributed by atoms with Gasteiger partial charge in [0.1, 0.15) is 5.75 Å². The number of unbranched alkanes of at least 4 members (excludes halogenated alkanes) is 6. The summed E-state index contributed by atoms with van der Waals surface area (Å²) >= 11 is 0. The molecule has 0 fully saturated rings. The highest BCUT2D eigenvalue weighted by atomic mass is 16.5. The Bertz CT molecular complexity index is 247. The molecule has 19 heavy (non-hydrogen) atoms. The minimum absolute atomic E-state index is 0.928. The minimum atomic E-state index is 0.928. The van der Waals surface area contributed by atoms with Crippen LogP contribution < -0.4 is 4.74 Å². The predicted octanol–water partition coefficient (Wildman–Crippen LogP) is 6.01. The minimum Gasteiger partial charge on any atom is -0.497 e. The summed E-state index contributed by atoms with van der Waals surface area (Å²) in [6.45, 7) is 6.67. The average Bonchev–Trinajstić information content (AvgIpc) is 2.48. The number of rotatable bonds is 8. The highest BCUT2D eigenvalue weighted by Crippen LogP contribution is 2.10. The van der Waals surface area contributed by atoms with Crippen LogP contribution in [0, 0.1) is 0 Å². The Kier molecular flexibility index (Phi) is 12.8. The molecule has 1 heteroatoms. The van der Waals surface area contributed by atoms with Gasteiger partial charge in [-0.05, 0) is 24.1 Å². The molecule has 110 valence electrons. The van der Waals surface area contributed by atoms with E-state index in [9.17, 15) is 0 Å². The van der Waals surface area contributed by atoms with Gasteiger partial charge in [-0.15, -0.1) is 0 Å². The van der Waals surface area contributed by atoms with Gasteiger partial charge in [-0.25, -0.2) is 0 Å². The van der Waals surface area contributed by atoms with Gasteiger partial charge in [-0.3, -0.25) is 0 Å². The molecule has 0 saturated heterocycles. The number of hydrogen-bond acceptors (Lipinski definition) is 1. The third-order valence-corrected chi connectivity index (χ3v) is 3.27. The first-order valence-corrected chi connectivity index (χ1v) is 7.91. The van der Waals surface area contributed by atoms with E-state index in [-0.39, 0.29) is 0 Å². The molecule has 0 saturated carbocycles. The Hall–Kier alpha value is -0.980. The van der Waals surface area contributed by atoms with E-state index in [1.54, 1.807) is 7.11 Å². The van der Waals surface area contributed by atoms with Gasteiger partial charge in [0.05, 0.1) is 7.11 Å². The second kappa shape index (κ2) is 13.5. The van der Waals surface area contributed by atoms with Crippen molar-refractivity contribution in [3.8, 4) is 5.75 Å². The molecule has 0 spiro atoms. The van der Waals surface area contributed by atoms with Gasteiger partial charge in [0, 0.05) is 0 Å². The van der Waals surface area contributed by atoms with Crippen molar-refractivity contribution in [3.05, 3.63) is 29.8 Å². The summed E-state index contributed by atoms with van der Waals surface area (Å²) in [5.74, 6) is 0.928. The van der Waals surface area contributed by atoms with Crippen molar-refractivity contribution in [1.29, 1.82) is 0 Å². The molecule has 1 aromatic carbocycles. The second-order valence-electron chi connectivity index (χ2n) is 4.97. The van der Waals surface area contributed by atoms with Gasteiger partial charge >= 0.3 is 0 Å². The zero-order valence-corrected chi connectivity index (χ0v) is 13.4. The SMILES string of the molecule is CCCCCCCCC.CCc1ccc(OC)cc1. The van der Waals surface area contributed by atoms with Crippen molar-refractivity contribution < 1.29 is 4.74 Å². The average molecular weight is 264 g/mol. The molecule has 0 unspecified atom stereocenters. The third kappa shape index (κ3) is 10.6. The largest absolute Gasteiger partial charge is 0.497 e. The fourth-order valence-corrected chi connectivity index (χ4v) is 1.89. The van der Waals surface area contributed by atoms with Gasteiger partial charge < -0.3 is 4.74 Å². The predicted molar refractivity (Wildman–Crippen MR) is 86.0 cm³/mol. The molecule has 0 aliphatic heterocycles. The first-order chi connectivity index (χ1) is 9.28. The van der Waals surface area contributed by atoms with Crippen molar-refractivity contribution in [1.82, 2.24) is 0 Å². The molecule has 0 bridgehead atoms. The summed E-state index contributed by atoms with van der Waals surface area (Å²) in [6.07, 6.45) is 11.1. The summed E-state index contributed by atoms with van der Waals surface area (Å²) in [6, 6.07) is 8.13. The quantitative estimate of drug-likeness (QED) is 0.522. The summed E-state index contributed by atoms with van der Waals surface area (Å²) in [5, 5.41) is 0. The van der Waals surface area contributed by atoms with Crippen LogP contribution in [0.1, 0.15) is 71.3 Å². The number of benzene rings is 1. The van der Waals surface area contributed by atoms with Crippen LogP contribution in [0.2, 0.25) is 0 Å². The molecule has 0 aromatic heterocycles. The van der Waals surface area contributed by atoms with Crippen molar-refractivity contribution in [3.63, 3.8) is 0 Å². The summed E-state index contributed by atoms with van der Waals surface area (Å²) in [4.78, 5) is 0. The van der Waals surface area contributed by atoms with Gasteiger partial charge in [0.2, 0.25) is 0 Å². The molecule has 0 N–H and O–H groups in total. The molecule has 0 atom stereocenters. The Morgan fingerprint density at radius 2 is 1.21 bits per heavy atom. The maximum absolute atomic E-state index is 5.01. The van der Waals surface area contributed by atoms with Gasteiger partial charge in [0.15, 0.2) is 0 Å². The fraction of sp³-hybridized carbons (Fsp3) is 0.667. The molecule has 0 radical (unpaired) electrons. The molecule has 1 rings (SSSR count). The third-order valence-electron chi connectivity index (χ3n) is 3.27. The summed E-state index contributed by atoms with van der Waals surface area (Å²) < 4.78 is 5.01. The standard InChI is InChI=1S/C9H12O.C9H20/c1-3-8-4-6-9(10-2)7-5-8;1-3-5-7-9-8-6-4-2/h4-7H,3H2,1-2H3;3-9H2,1-2H3. The number of ether oxygens (including phenoxy) is 1. The van der Waals surface area contributed by atoms with Crippen LogP contribution in [0.3, 0.4) is 0 Å². The van der Waals surface area contributed by atoms with E-state index in [0.717, 1.165) is 12.2 Å². The molecule has 1 nitrogen and oxygen atoms in total. The van der Waals surface area contributed by atoms with E-state index < -0.39 is 0 Å². The maximum Gasteiger partial charge on any atom is 0.118 e. The van der Waals surface area contributed by atoms with Crippen molar-refractivity contribution in [2.45, 2.75) is 72.1 Å². The molecule has 0 aliphatic carbocycles. The lowest BCUT2D eigenvalue weighted by Crippen LogP contribution is -1.83. The zero-order chi connectivity index (χ0) is 14.3. The second-order valence-corrected chi connectivity index (χ2v) is 4.97. The fourth-order valence-electron chi connectivity index (χ4n) is 1.89. The van der Waals surface area contributed by atoms with E-state index in [1.807, 2.05) is 12.1 Å². The first-order valence-electron chi connectivity index (χ1n) is 7.91. The van der Waals surface area contributed by atoms with E-state index in [4.69, 9.17) is 4.74 Å². The summed E-state index contributed by atoms with van der Waals surface area (Å²) in [5.41, 5.74) is 1.35. The van der Waals surface area contributed by atoms with E-state index in [2.05, 4.69) is 32.9 Å². The van der Waals surface area contributed by atoms with Gasteiger partial charge in [0.25, 0.3) is 0 Å². The smallest absolute Gasteiger partial charge is 0.118 e. The number of hydrogen-bond donors (Lipinski definition) is 0. The van der Waals surface area contributed by atoms with Crippen LogP contribution in [-0.2, 0) is 6.42 Å². The highest BCUT2D eigenvalue weighted by Gasteiger charge is 1.89. The van der Waals surface area contributed by atoms with Crippen LogP contribution in [0.15, 0.2) is 24.3 Å². The van der Waals surface area contributed by atoms with Crippen molar-refractivity contribution in [2.24, 2.45) is 0 Å². The molecule has 0 aliphatic rings. The van der Waals surface area contributed by atoms with E-state index in [1.165, 1.54) is 50.5 Å². The number of methoxy groups -OCH3 is 1. The first kappa shape index (κ1) is 18.0. The topological polar surface area (TPSA) is 9.23 Å². The molecule has 1 aromatic rings. The van der Waals surface area contributed by atoms with E-state index >= 15 is 0 Å². The lowest BCUT2D eigenvalue weighted by atomic mass is 10.1. The zero-order valence-electron chi connectivity index (χ0n) is 13.4. The molecular formula is C18H32O. The van der Waals surface area contributed by atoms with Crippen molar-refractivity contribution >= 4 is 0 Å². The summed E-state index contributed by atoms with van der Waals surface area (Å²) in [7, 11) is 1.68. The molecule has 0 amide bonds. The van der Waals surface area contributed by atoms with Crippen LogP contribution in [0.5, 0.6) is 5.75 Å². The lowest BCUT2D eigenvalue weighted by molar-refractivity contribution is 0.414. The van der Waals surface area contributed by atoms with Crippen LogP contribution >= 0.6 is 0 Å².